The lowest BCUT2D eigenvalue weighted by Crippen LogP contribution is -2.47. The predicted octanol–water partition coefficient (Wildman–Crippen LogP) is 1.33. The quantitative estimate of drug-likeness (QED) is 0.355. The zero-order valence-corrected chi connectivity index (χ0v) is 14.6. The first-order valence-corrected chi connectivity index (χ1v) is 8.15. The molecule has 0 saturated heterocycles. The van der Waals surface area contributed by atoms with E-state index in [9.17, 15) is 24.8 Å². The lowest BCUT2D eigenvalue weighted by atomic mass is 10.2. The molecule has 0 bridgehead atoms. The molecular formula is C18H18N4O6. The molecule has 146 valence electrons. The maximum absolute atomic E-state index is 12.0. The van der Waals surface area contributed by atoms with Gasteiger partial charge in [0.2, 0.25) is 0 Å². The van der Waals surface area contributed by atoms with Crippen LogP contribution in [0.15, 0.2) is 59.7 Å². The minimum Gasteiger partial charge on any atom is -0.445 e. The van der Waals surface area contributed by atoms with Gasteiger partial charge in [0.15, 0.2) is 0 Å². The van der Waals surface area contributed by atoms with Gasteiger partial charge in [0, 0.05) is 6.07 Å². The van der Waals surface area contributed by atoms with Crippen molar-refractivity contribution in [1.82, 2.24) is 10.7 Å². The van der Waals surface area contributed by atoms with Gasteiger partial charge in [-0.1, -0.05) is 42.5 Å². The Hall–Kier alpha value is -3.79. The highest BCUT2D eigenvalue weighted by Gasteiger charge is 2.20. The van der Waals surface area contributed by atoms with Crippen LogP contribution in [0.2, 0.25) is 0 Å². The summed E-state index contributed by atoms with van der Waals surface area (Å²) in [5.41, 5.74) is 2.87. The second-order valence-corrected chi connectivity index (χ2v) is 5.49. The molecule has 0 saturated carbocycles. The van der Waals surface area contributed by atoms with Gasteiger partial charge in [-0.2, -0.15) is 5.10 Å². The van der Waals surface area contributed by atoms with E-state index in [2.05, 4.69) is 15.8 Å². The topological polar surface area (TPSA) is 143 Å². The number of ether oxygens (including phenoxy) is 1. The number of nitro benzene ring substituents is 1. The molecule has 2 amide bonds. The van der Waals surface area contributed by atoms with Crippen molar-refractivity contribution < 1.29 is 24.4 Å². The standard InChI is InChI=1S/C18H18N4O6/c23-11-15(20-18(25)28-12-13-6-2-1-3-7-13)17(24)21-19-10-14-8-4-5-9-16(14)22(26)27/h1-10,15,23H,11-12H2,(H,20,25)(H,21,24)/b19-10+/t15-/m0/s1. The van der Waals surface area contributed by atoms with Crippen molar-refractivity contribution in [2.75, 3.05) is 6.61 Å². The van der Waals surface area contributed by atoms with Crippen LogP contribution in [-0.4, -0.2) is 40.9 Å². The Kier molecular flexibility index (Phi) is 7.61. The summed E-state index contributed by atoms with van der Waals surface area (Å²) in [5, 5.41) is 26.0. The summed E-state index contributed by atoms with van der Waals surface area (Å²) < 4.78 is 4.97. The highest BCUT2D eigenvalue weighted by atomic mass is 16.6. The van der Waals surface area contributed by atoms with Crippen molar-refractivity contribution >= 4 is 23.9 Å². The Morgan fingerprint density at radius 3 is 2.54 bits per heavy atom. The van der Waals surface area contributed by atoms with E-state index in [1.807, 2.05) is 6.07 Å². The number of amides is 2. The summed E-state index contributed by atoms with van der Waals surface area (Å²) in [6, 6.07) is 13.5. The fraction of sp³-hybridized carbons (Fsp3) is 0.167. The van der Waals surface area contributed by atoms with Crippen LogP contribution in [0.25, 0.3) is 0 Å². The summed E-state index contributed by atoms with van der Waals surface area (Å²) in [5.74, 6) is -0.811. The van der Waals surface area contributed by atoms with Crippen LogP contribution >= 0.6 is 0 Å². The highest BCUT2D eigenvalue weighted by molar-refractivity contribution is 5.89. The lowest BCUT2D eigenvalue weighted by Gasteiger charge is -2.14. The molecule has 10 heteroatoms. The zero-order valence-electron chi connectivity index (χ0n) is 14.6. The number of aliphatic hydroxyl groups excluding tert-OH is 1. The molecule has 0 aliphatic rings. The van der Waals surface area contributed by atoms with Crippen LogP contribution in [0.4, 0.5) is 10.5 Å². The number of aliphatic hydroxyl groups is 1. The number of alkyl carbamates (subject to hydrolysis) is 1. The van der Waals surface area contributed by atoms with Gasteiger partial charge in [-0.3, -0.25) is 14.9 Å². The molecule has 10 nitrogen and oxygen atoms in total. The summed E-state index contributed by atoms with van der Waals surface area (Å²) in [7, 11) is 0. The number of hydrazone groups is 1. The van der Waals surface area contributed by atoms with Crippen LogP contribution in [0.3, 0.4) is 0 Å². The fourth-order valence-corrected chi connectivity index (χ4v) is 2.11. The normalized spacial score (nSPS) is 11.6. The first-order chi connectivity index (χ1) is 13.5. The third-order valence-corrected chi connectivity index (χ3v) is 3.52. The molecule has 0 fully saturated rings. The molecular weight excluding hydrogens is 368 g/mol. The molecule has 0 radical (unpaired) electrons. The Labute approximate surface area is 160 Å². The number of carbonyl (C=O) groups is 2. The molecule has 2 aromatic carbocycles. The number of para-hydroxylation sites is 1. The summed E-state index contributed by atoms with van der Waals surface area (Å²) in [6.07, 6.45) is 0.207. The van der Waals surface area contributed by atoms with Crippen LogP contribution in [0.1, 0.15) is 11.1 Å². The first-order valence-electron chi connectivity index (χ1n) is 8.15. The molecule has 28 heavy (non-hydrogen) atoms. The van der Waals surface area contributed by atoms with Gasteiger partial charge in [-0.25, -0.2) is 10.2 Å². The van der Waals surface area contributed by atoms with Gasteiger partial charge in [0.25, 0.3) is 11.6 Å². The van der Waals surface area contributed by atoms with Crippen molar-refractivity contribution in [3.8, 4) is 0 Å². The minimum atomic E-state index is -1.30. The maximum Gasteiger partial charge on any atom is 0.408 e. The predicted molar refractivity (Wildman–Crippen MR) is 99.5 cm³/mol. The third-order valence-electron chi connectivity index (χ3n) is 3.52. The fourth-order valence-electron chi connectivity index (χ4n) is 2.11. The molecule has 0 aromatic heterocycles. The maximum atomic E-state index is 12.0. The number of carbonyl (C=O) groups excluding carboxylic acids is 2. The van der Waals surface area contributed by atoms with Gasteiger partial charge < -0.3 is 15.2 Å². The molecule has 0 heterocycles. The number of hydrogen-bond acceptors (Lipinski definition) is 7. The molecule has 1 atom stereocenters. The largest absolute Gasteiger partial charge is 0.445 e. The lowest BCUT2D eigenvalue weighted by molar-refractivity contribution is -0.385. The Morgan fingerprint density at radius 2 is 1.86 bits per heavy atom. The number of nitrogens with zero attached hydrogens (tertiary/aromatic N) is 2. The second-order valence-electron chi connectivity index (χ2n) is 5.49. The average molecular weight is 386 g/mol. The van der Waals surface area contributed by atoms with E-state index >= 15 is 0 Å². The van der Waals surface area contributed by atoms with Crippen LogP contribution in [0.5, 0.6) is 0 Å². The molecule has 2 aromatic rings. The van der Waals surface area contributed by atoms with Gasteiger partial charge in [0.05, 0.1) is 23.3 Å². The van der Waals surface area contributed by atoms with Gasteiger partial charge >= 0.3 is 6.09 Å². The van der Waals surface area contributed by atoms with E-state index in [-0.39, 0.29) is 17.9 Å². The molecule has 2 rings (SSSR count). The minimum absolute atomic E-state index is 0.00225. The monoisotopic (exact) mass is 386 g/mol. The number of nitro groups is 1. The smallest absolute Gasteiger partial charge is 0.408 e. The van der Waals surface area contributed by atoms with Crippen molar-refractivity contribution in [2.24, 2.45) is 5.10 Å². The Balaban J connectivity index is 1.87. The molecule has 0 spiro atoms. The summed E-state index contributed by atoms with van der Waals surface area (Å²) in [6.45, 7) is -0.685. The van der Waals surface area contributed by atoms with E-state index in [0.717, 1.165) is 11.8 Å². The molecule has 0 aliphatic heterocycles. The molecule has 0 unspecified atom stereocenters. The zero-order chi connectivity index (χ0) is 20.4. The summed E-state index contributed by atoms with van der Waals surface area (Å²) >= 11 is 0. The number of rotatable bonds is 8. The van der Waals surface area contributed by atoms with Crippen molar-refractivity contribution in [3.63, 3.8) is 0 Å². The number of nitrogens with one attached hydrogen (secondary N) is 2. The Bertz CT molecular complexity index is 856. The van der Waals surface area contributed by atoms with Gasteiger partial charge in [-0.15, -0.1) is 0 Å². The van der Waals surface area contributed by atoms with Crippen LogP contribution in [0, 0.1) is 10.1 Å². The highest BCUT2D eigenvalue weighted by Crippen LogP contribution is 2.14. The van der Waals surface area contributed by atoms with Crippen LogP contribution < -0.4 is 10.7 Å². The number of benzene rings is 2. The van der Waals surface area contributed by atoms with Crippen molar-refractivity contribution in [2.45, 2.75) is 12.6 Å². The van der Waals surface area contributed by atoms with Gasteiger partial charge in [0.1, 0.15) is 12.6 Å². The van der Waals surface area contributed by atoms with E-state index in [0.29, 0.717) is 0 Å². The van der Waals surface area contributed by atoms with Crippen molar-refractivity contribution in [1.29, 1.82) is 0 Å². The van der Waals surface area contributed by atoms with E-state index in [4.69, 9.17) is 4.74 Å². The van der Waals surface area contributed by atoms with Crippen LogP contribution in [-0.2, 0) is 16.1 Å². The number of hydrogen-bond donors (Lipinski definition) is 3. The second kappa shape index (κ2) is 10.4. The molecule has 0 aliphatic carbocycles. The third kappa shape index (κ3) is 6.18. The van der Waals surface area contributed by atoms with E-state index < -0.39 is 29.6 Å². The van der Waals surface area contributed by atoms with E-state index in [1.165, 1.54) is 18.2 Å². The Morgan fingerprint density at radius 1 is 1.18 bits per heavy atom. The average Bonchev–Trinajstić information content (AvgIpc) is 2.71. The van der Waals surface area contributed by atoms with E-state index in [1.54, 1.807) is 30.3 Å². The first kappa shape index (κ1) is 20.5. The molecule has 3 N–H and O–H groups in total. The van der Waals surface area contributed by atoms with Crippen molar-refractivity contribution in [3.05, 3.63) is 75.8 Å². The van der Waals surface area contributed by atoms with Gasteiger partial charge in [-0.05, 0) is 11.6 Å². The SMILES string of the molecule is O=C(N[C@@H](CO)C(=O)N/N=C/c1ccccc1[N+](=O)[O-])OCc1ccccc1. The summed E-state index contributed by atoms with van der Waals surface area (Å²) in [4.78, 5) is 34.1.